The molecule has 1 rings (SSSR count). The van der Waals surface area contributed by atoms with Crippen LogP contribution in [0.25, 0.3) is 0 Å². The van der Waals surface area contributed by atoms with Crippen molar-refractivity contribution in [2.45, 2.75) is 26.8 Å². The molecule has 0 saturated heterocycles. The van der Waals surface area contributed by atoms with Crippen LogP contribution in [0.1, 0.15) is 25.0 Å². The Labute approximate surface area is 97.2 Å². The minimum Gasteiger partial charge on any atom is -0.341 e. The zero-order valence-corrected chi connectivity index (χ0v) is 10.2. The fourth-order valence-corrected chi connectivity index (χ4v) is 1.54. The average molecular weight is 220 g/mol. The van der Waals surface area contributed by atoms with Crippen molar-refractivity contribution < 1.29 is 4.79 Å². The molecule has 2 amide bonds. The summed E-state index contributed by atoms with van der Waals surface area (Å²) in [4.78, 5) is 11.0. The van der Waals surface area contributed by atoms with Gasteiger partial charge in [0.2, 0.25) is 0 Å². The minimum atomic E-state index is -0.147. The Morgan fingerprint density at radius 3 is 2.25 bits per heavy atom. The number of nitrogens with one attached hydrogen (secondary N) is 2. The van der Waals surface area contributed by atoms with E-state index in [-0.39, 0.29) is 6.03 Å². The van der Waals surface area contributed by atoms with Crippen molar-refractivity contribution in [2.75, 3.05) is 7.05 Å². The molecule has 16 heavy (non-hydrogen) atoms. The molecule has 88 valence electrons. The Bertz CT molecular complexity index is 330. The highest BCUT2D eigenvalue weighted by molar-refractivity contribution is 5.73. The van der Waals surface area contributed by atoms with Gasteiger partial charge in [0, 0.05) is 13.6 Å². The van der Waals surface area contributed by atoms with E-state index in [1.54, 1.807) is 7.05 Å². The first-order chi connectivity index (χ1) is 7.61. The van der Waals surface area contributed by atoms with Gasteiger partial charge in [-0.25, -0.2) is 4.79 Å². The molecule has 3 heteroatoms. The summed E-state index contributed by atoms with van der Waals surface area (Å²) in [5.74, 6) is 0.676. The lowest BCUT2D eigenvalue weighted by molar-refractivity contribution is 0.242. The van der Waals surface area contributed by atoms with Gasteiger partial charge in [0.25, 0.3) is 0 Å². The molecule has 2 N–H and O–H groups in total. The number of hydrogen-bond donors (Lipinski definition) is 2. The first-order valence-electron chi connectivity index (χ1n) is 5.65. The molecule has 0 aliphatic heterocycles. The number of carbonyl (C=O) groups is 1. The lowest BCUT2D eigenvalue weighted by atomic mass is 10.0. The SMILES string of the molecule is CNC(=O)NCc1ccc(CC(C)C)cc1. The third-order valence-corrected chi connectivity index (χ3v) is 2.35. The summed E-state index contributed by atoms with van der Waals surface area (Å²) < 4.78 is 0. The Kier molecular flexibility index (Phi) is 4.83. The third kappa shape index (κ3) is 4.34. The molecule has 0 bridgehead atoms. The van der Waals surface area contributed by atoms with Gasteiger partial charge < -0.3 is 10.6 Å². The van der Waals surface area contributed by atoms with Crippen LogP contribution in [0.3, 0.4) is 0 Å². The Morgan fingerprint density at radius 2 is 1.75 bits per heavy atom. The van der Waals surface area contributed by atoms with Crippen molar-refractivity contribution in [3.05, 3.63) is 35.4 Å². The Morgan fingerprint density at radius 1 is 1.19 bits per heavy atom. The van der Waals surface area contributed by atoms with Crippen LogP contribution in [-0.4, -0.2) is 13.1 Å². The number of rotatable bonds is 4. The van der Waals surface area contributed by atoms with Gasteiger partial charge >= 0.3 is 6.03 Å². The molecule has 0 atom stereocenters. The molecule has 0 unspecified atom stereocenters. The number of hydrogen-bond acceptors (Lipinski definition) is 1. The van der Waals surface area contributed by atoms with E-state index in [1.165, 1.54) is 5.56 Å². The number of benzene rings is 1. The van der Waals surface area contributed by atoms with Crippen LogP contribution in [0.2, 0.25) is 0 Å². The summed E-state index contributed by atoms with van der Waals surface area (Å²) in [6, 6.07) is 8.23. The van der Waals surface area contributed by atoms with Crippen molar-refractivity contribution >= 4 is 6.03 Å². The zero-order chi connectivity index (χ0) is 12.0. The molecule has 0 heterocycles. The molecule has 0 aliphatic carbocycles. The molecule has 3 nitrogen and oxygen atoms in total. The normalized spacial score (nSPS) is 10.2. The van der Waals surface area contributed by atoms with Gasteiger partial charge in [-0.1, -0.05) is 38.1 Å². The average Bonchev–Trinajstić information content (AvgIpc) is 2.27. The van der Waals surface area contributed by atoms with E-state index in [4.69, 9.17) is 0 Å². The first-order valence-corrected chi connectivity index (χ1v) is 5.65. The van der Waals surface area contributed by atoms with Crippen LogP contribution < -0.4 is 10.6 Å². The van der Waals surface area contributed by atoms with E-state index in [0.29, 0.717) is 12.5 Å². The van der Waals surface area contributed by atoms with Crippen LogP contribution >= 0.6 is 0 Å². The van der Waals surface area contributed by atoms with E-state index in [0.717, 1.165) is 12.0 Å². The van der Waals surface area contributed by atoms with Crippen molar-refractivity contribution in [2.24, 2.45) is 5.92 Å². The van der Waals surface area contributed by atoms with Crippen LogP contribution in [-0.2, 0) is 13.0 Å². The van der Waals surface area contributed by atoms with Gasteiger partial charge in [0.15, 0.2) is 0 Å². The summed E-state index contributed by atoms with van der Waals surface area (Å²) in [5, 5.41) is 5.28. The van der Waals surface area contributed by atoms with Crippen molar-refractivity contribution in [1.82, 2.24) is 10.6 Å². The minimum absolute atomic E-state index is 0.147. The molecule has 0 spiro atoms. The smallest absolute Gasteiger partial charge is 0.314 e. The van der Waals surface area contributed by atoms with Gasteiger partial charge in [-0.2, -0.15) is 0 Å². The molecule has 1 aromatic carbocycles. The zero-order valence-electron chi connectivity index (χ0n) is 10.2. The first kappa shape index (κ1) is 12.6. The standard InChI is InChI=1S/C13H20N2O/c1-10(2)8-11-4-6-12(7-5-11)9-15-13(16)14-3/h4-7,10H,8-9H2,1-3H3,(H2,14,15,16). The lowest BCUT2D eigenvalue weighted by Crippen LogP contribution is -2.32. The molecule has 1 aromatic rings. The molecular formula is C13H20N2O. The highest BCUT2D eigenvalue weighted by atomic mass is 16.2. The van der Waals surface area contributed by atoms with Gasteiger partial charge in [0.05, 0.1) is 0 Å². The van der Waals surface area contributed by atoms with Gasteiger partial charge in [-0.15, -0.1) is 0 Å². The fraction of sp³-hybridized carbons (Fsp3) is 0.462. The molecule has 0 saturated carbocycles. The highest BCUT2D eigenvalue weighted by Gasteiger charge is 1.99. The second-order valence-corrected chi connectivity index (χ2v) is 4.35. The molecule has 0 radical (unpaired) electrons. The van der Waals surface area contributed by atoms with Gasteiger partial charge in [-0.3, -0.25) is 0 Å². The second-order valence-electron chi connectivity index (χ2n) is 4.35. The maximum absolute atomic E-state index is 11.0. The van der Waals surface area contributed by atoms with Crippen molar-refractivity contribution in [3.63, 3.8) is 0 Å². The Balaban J connectivity index is 2.48. The maximum atomic E-state index is 11.0. The second kappa shape index (κ2) is 6.16. The van der Waals surface area contributed by atoms with Gasteiger partial charge in [0.1, 0.15) is 0 Å². The van der Waals surface area contributed by atoms with Crippen molar-refractivity contribution in [1.29, 1.82) is 0 Å². The number of carbonyl (C=O) groups excluding carboxylic acids is 1. The fourth-order valence-electron chi connectivity index (χ4n) is 1.54. The predicted octanol–water partition coefficient (Wildman–Crippen LogP) is 2.31. The summed E-state index contributed by atoms with van der Waals surface area (Å²) in [5.41, 5.74) is 2.47. The molecule has 0 aromatic heterocycles. The van der Waals surface area contributed by atoms with E-state index in [1.807, 2.05) is 0 Å². The predicted molar refractivity (Wildman–Crippen MR) is 66.3 cm³/mol. The quantitative estimate of drug-likeness (QED) is 0.803. The van der Waals surface area contributed by atoms with E-state index < -0.39 is 0 Å². The van der Waals surface area contributed by atoms with Crippen LogP contribution in [0.5, 0.6) is 0 Å². The lowest BCUT2D eigenvalue weighted by Gasteiger charge is -2.07. The number of urea groups is 1. The summed E-state index contributed by atoms with van der Waals surface area (Å²) in [6.45, 7) is 4.99. The van der Waals surface area contributed by atoms with E-state index >= 15 is 0 Å². The maximum Gasteiger partial charge on any atom is 0.314 e. The Hall–Kier alpha value is -1.51. The van der Waals surface area contributed by atoms with Crippen LogP contribution in [0, 0.1) is 5.92 Å². The monoisotopic (exact) mass is 220 g/mol. The van der Waals surface area contributed by atoms with Crippen LogP contribution in [0.15, 0.2) is 24.3 Å². The summed E-state index contributed by atoms with van der Waals surface area (Å²) in [6.07, 6.45) is 1.10. The van der Waals surface area contributed by atoms with E-state index in [9.17, 15) is 4.79 Å². The summed E-state index contributed by atoms with van der Waals surface area (Å²) in [7, 11) is 1.61. The van der Waals surface area contributed by atoms with Crippen molar-refractivity contribution in [3.8, 4) is 0 Å². The van der Waals surface area contributed by atoms with Crippen LogP contribution in [0.4, 0.5) is 4.79 Å². The topological polar surface area (TPSA) is 41.1 Å². The third-order valence-electron chi connectivity index (χ3n) is 2.35. The molecule has 0 aliphatic rings. The van der Waals surface area contributed by atoms with E-state index in [2.05, 4.69) is 48.7 Å². The summed E-state index contributed by atoms with van der Waals surface area (Å²) >= 11 is 0. The molecule has 0 fully saturated rings. The highest BCUT2D eigenvalue weighted by Crippen LogP contribution is 2.09. The number of amides is 2. The largest absolute Gasteiger partial charge is 0.341 e. The van der Waals surface area contributed by atoms with Gasteiger partial charge in [-0.05, 0) is 23.5 Å². The molecular weight excluding hydrogens is 200 g/mol.